The Morgan fingerprint density at radius 2 is 1.54 bits per heavy atom. The summed E-state index contributed by atoms with van der Waals surface area (Å²) in [5.41, 5.74) is 1.94. The van der Waals surface area contributed by atoms with Gasteiger partial charge in [0.1, 0.15) is 6.04 Å². The van der Waals surface area contributed by atoms with Gasteiger partial charge in [-0.05, 0) is 48.8 Å². The Labute approximate surface area is 167 Å². The van der Waals surface area contributed by atoms with E-state index in [1.165, 1.54) is 5.56 Å². The van der Waals surface area contributed by atoms with Crippen molar-refractivity contribution in [2.24, 2.45) is 5.92 Å². The highest BCUT2D eigenvalue weighted by Crippen LogP contribution is 2.28. The summed E-state index contributed by atoms with van der Waals surface area (Å²) < 4.78 is 0. The topological polar surface area (TPSA) is 49.4 Å². The molecule has 1 fully saturated rings. The van der Waals surface area contributed by atoms with Gasteiger partial charge in [-0.3, -0.25) is 9.59 Å². The maximum atomic E-state index is 13.2. The first-order valence-electron chi connectivity index (χ1n) is 10.2. The summed E-state index contributed by atoms with van der Waals surface area (Å²) in [6.07, 6.45) is 2.59. The average molecular weight is 379 g/mol. The molecule has 4 heteroatoms. The van der Waals surface area contributed by atoms with Crippen molar-refractivity contribution in [3.63, 3.8) is 0 Å². The number of nitrogens with zero attached hydrogens (tertiary/aromatic N) is 1. The minimum atomic E-state index is -0.471. The van der Waals surface area contributed by atoms with E-state index in [0.717, 1.165) is 25.9 Å². The van der Waals surface area contributed by atoms with Crippen LogP contribution >= 0.6 is 0 Å². The third-order valence-electron chi connectivity index (χ3n) is 5.42. The minimum absolute atomic E-state index is 0.0458. The van der Waals surface area contributed by atoms with Gasteiger partial charge in [0.05, 0.1) is 0 Å². The Bertz CT molecular complexity index is 766. The molecule has 2 amide bonds. The fraction of sp³-hybridized carbons (Fsp3) is 0.417. The van der Waals surface area contributed by atoms with Gasteiger partial charge in [-0.2, -0.15) is 0 Å². The quantitative estimate of drug-likeness (QED) is 0.817. The number of rotatable bonds is 6. The molecular formula is C24H30N2O2. The van der Waals surface area contributed by atoms with E-state index in [-0.39, 0.29) is 11.8 Å². The number of carbonyl (C=O) groups excluding carboxylic acids is 2. The molecular weight excluding hydrogens is 348 g/mol. The predicted octanol–water partition coefficient (Wildman–Crippen LogP) is 4.24. The highest BCUT2D eigenvalue weighted by Gasteiger charge is 2.30. The normalized spacial score (nSPS) is 16.0. The first-order valence-corrected chi connectivity index (χ1v) is 10.2. The van der Waals surface area contributed by atoms with E-state index < -0.39 is 6.04 Å². The van der Waals surface area contributed by atoms with Crippen molar-refractivity contribution in [3.05, 3.63) is 71.8 Å². The lowest BCUT2D eigenvalue weighted by Gasteiger charge is -2.35. The van der Waals surface area contributed by atoms with Crippen LogP contribution in [0.4, 0.5) is 0 Å². The molecule has 1 saturated heterocycles. The van der Waals surface area contributed by atoms with Crippen LogP contribution in [0.25, 0.3) is 0 Å². The van der Waals surface area contributed by atoms with Crippen LogP contribution in [0, 0.1) is 5.92 Å². The van der Waals surface area contributed by atoms with Crippen LogP contribution in [0.2, 0.25) is 0 Å². The molecule has 1 unspecified atom stereocenters. The zero-order valence-corrected chi connectivity index (χ0v) is 16.8. The van der Waals surface area contributed by atoms with E-state index in [1.54, 1.807) is 12.1 Å². The third-order valence-corrected chi connectivity index (χ3v) is 5.42. The van der Waals surface area contributed by atoms with Gasteiger partial charge in [0.2, 0.25) is 5.91 Å². The van der Waals surface area contributed by atoms with Crippen LogP contribution in [0.1, 0.15) is 54.9 Å². The number of piperidine rings is 1. The molecule has 2 aromatic carbocycles. The lowest BCUT2D eigenvalue weighted by molar-refractivity contribution is -0.134. The van der Waals surface area contributed by atoms with Crippen LogP contribution in [0.5, 0.6) is 0 Å². The van der Waals surface area contributed by atoms with E-state index in [4.69, 9.17) is 0 Å². The largest absolute Gasteiger partial charge is 0.341 e. The predicted molar refractivity (Wildman–Crippen MR) is 112 cm³/mol. The van der Waals surface area contributed by atoms with Crippen LogP contribution in [-0.2, 0) is 4.79 Å². The Kier molecular flexibility index (Phi) is 6.85. The number of nitrogens with one attached hydrogen (secondary N) is 1. The van der Waals surface area contributed by atoms with Crippen molar-refractivity contribution < 1.29 is 9.59 Å². The number of benzene rings is 2. The van der Waals surface area contributed by atoms with E-state index in [1.807, 2.05) is 29.2 Å². The molecule has 0 bridgehead atoms. The van der Waals surface area contributed by atoms with Gasteiger partial charge in [0.15, 0.2) is 0 Å². The number of likely N-dealkylation sites (tertiary alicyclic amines) is 1. The summed E-state index contributed by atoms with van der Waals surface area (Å²) in [5.74, 6) is 0.697. The average Bonchev–Trinajstić information content (AvgIpc) is 2.74. The smallest absolute Gasteiger partial charge is 0.251 e. The molecule has 28 heavy (non-hydrogen) atoms. The molecule has 1 N–H and O–H groups in total. The molecule has 0 aliphatic carbocycles. The van der Waals surface area contributed by atoms with Crippen molar-refractivity contribution in [2.45, 2.75) is 45.1 Å². The summed E-state index contributed by atoms with van der Waals surface area (Å²) >= 11 is 0. The second-order valence-electron chi connectivity index (χ2n) is 8.03. The minimum Gasteiger partial charge on any atom is -0.341 e. The molecule has 1 atom stereocenters. The van der Waals surface area contributed by atoms with Crippen LogP contribution in [0.3, 0.4) is 0 Å². The maximum absolute atomic E-state index is 13.2. The molecule has 1 aliphatic heterocycles. The molecule has 148 valence electrons. The Hall–Kier alpha value is -2.62. The monoisotopic (exact) mass is 378 g/mol. The van der Waals surface area contributed by atoms with Crippen molar-refractivity contribution in [1.82, 2.24) is 10.2 Å². The highest BCUT2D eigenvalue weighted by molar-refractivity contribution is 5.97. The van der Waals surface area contributed by atoms with Crippen LogP contribution < -0.4 is 5.32 Å². The number of hydrogen-bond donors (Lipinski definition) is 1. The van der Waals surface area contributed by atoms with Gasteiger partial charge in [-0.1, -0.05) is 62.4 Å². The molecule has 1 aliphatic rings. The Morgan fingerprint density at radius 1 is 0.964 bits per heavy atom. The van der Waals surface area contributed by atoms with E-state index in [9.17, 15) is 9.59 Å². The van der Waals surface area contributed by atoms with Gasteiger partial charge in [0.25, 0.3) is 5.91 Å². The van der Waals surface area contributed by atoms with Crippen molar-refractivity contribution in [1.29, 1.82) is 0 Å². The van der Waals surface area contributed by atoms with Gasteiger partial charge >= 0.3 is 0 Å². The second kappa shape index (κ2) is 9.54. The molecule has 0 saturated carbocycles. The molecule has 2 aromatic rings. The second-order valence-corrected chi connectivity index (χ2v) is 8.03. The zero-order valence-electron chi connectivity index (χ0n) is 16.8. The Balaban J connectivity index is 1.62. The zero-order chi connectivity index (χ0) is 19.9. The fourth-order valence-corrected chi connectivity index (χ4v) is 3.90. The van der Waals surface area contributed by atoms with Crippen LogP contribution in [0.15, 0.2) is 60.7 Å². The van der Waals surface area contributed by atoms with Gasteiger partial charge in [-0.25, -0.2) is 0 Å². The lowest BCUT2D eigenvalue weighted by Crippen LogP contribution is -2.51. The summed E-state index contributed by atoms with van der Waals surface area (Å²) in [7, 11) is 0. The van der Waals surface area contributed by atoms with Crippen molar-refractivity contribution >= 4 is 11.8 Å². The van der Waals surface area contributed by atoms with E-state index in [0.29, 0.717) is 23.8 Å². The highest BCUT2D eigenvalue weighted by atomic mass is 16.2. The van der Waals surface area contributed by atoms with Crippen molar-refractivity contribution in [3.8, 4) is 0 Å². The molecule has 0 radical (unpaired) electrons. The molecule has 4 nitrogen and oxygen atoms in total. The molecule has 0 aromatic heterocycles. The fourth-order valence-electron chi connectivity index (χ4n) is 3.90. The van der Waals surface area contributed by atoms with E-state index in [2.05, 4.69) is 43.4 Å². The van der Waals surface area contributed by atoms with Gasteiger partial charge < -0.3 is 10.2 Å². The Morgan fingerprint density at radius 3 is 2.11 bits per heavy atom. The molecule has 1 heterocycles. The number of hydrogen-bond acceptors (Lipinski definition) is 2. The summed E-state index contributed by atoms with van der Waals surface area (Å²) in [5, 5.41) is 2.97. The first-order chi connectivity index (χ1) is 13.5. The van der Waals surface area contributed by atoms with Crippen molar-refractivity contribution in [2.75, 3.05) is 13.1 Å². The van der Waals surface area contributed by atoms with Gasteiger partial charge in [-0.15, -0.1) is 0 Å². The third kappa shape index (κ3) is 5.22. The van der Waals surface area contributed by atoms with Crippen LogP contribution in [-0.4, -0.2) is 35.8 Å². The summed E-state index contributed by atoms with van der Waals surface area (Å²) in [4.78, 5) is 27.7. The standard InChI is InChI=1S/C24H30N2O2/c1-18(2)17-22(25-23(27)21-11-7-4-8-12-21)24(28)26-15-13-20(14-16-26)19-9-5-3-6-10-19/h3-12,18,20,22H,13-17H2,1-2H3,(H,25,27). The van der Waals surface area contributed by atoms with Gasteiger partial charge in [0, 0.05) is 18.7 Å². The SMILES string of the molecule is CC(C)CC(NC(=O)c1ccccc1)C(=O)N1CCC(c2ccccc2)CC1. The summed E-state index contributed by atoms with van der Waals surface area (Å²) in [6.45, 7) is 5.65. The molecule has 0 spiro atoms. The number of carbonyl (C=O) groups is 2. The summed E-state index contributed by atoms with van der Waals surface area (Å²) in [6, 6.07) is 19.2. The van der Waals surface area contributed by atoms with E-state index >= 15 is 0 Å². The lowest BCUT2D eigenvalue weighted by atomic mass is 9.89. The number of amides is 2. The maximum Gasteiger partial charge on any atom is 0.251 e. The molecule has 3 rings (SSSR count). The first kappa shape index (κ1) is 20.1.